The second kappa shape index (κ2) is 4.50. The van der Waals surface area contributed by atoms with Crippen LogP contribution >= 0.6 is 11.3 Å². The van der Waals surface area contributed by atoms with E-state index >= 15 is 0 Å². The summed E-state index contributed by atoms with van der Waals surface area (Å²) in [4.78, 5) is 11.4. The molecule has 0 aliphatic heterocycles. The van der Waals surface area contributed by atoms with E-state index in [0.29, 0.717) is 0 Å². The number of rotatable bonds is 3. The number of thiophene rings is 1. The molecular weight excluding hydrogens is 240 g/mol. The summed E-state index contributed by atoms with van der Waals surface area (Å²) in [6.45, 7) is 3.53. The lowest BCUT2D eigenvalue weighted by molar-refractivity contribution is -0.386. The van der Waals surface area contributed by atoms with Gasteiger partial charge in [-0.05, 0) is 43.0 Å². The SMILES string of the molecule is Cc1ccsc1/C=C/c1onc(C)c1[N+](=O)[O-]. The lowest BCUT2D eigenvalue weighted by Gasteiger charge is -1.89. The Morgan fingerprint density at radius 2 is 2.24 bits per heavy atom. The van der Waals surface area contributed by atoms with Crippen LogP contribution in [0.5, 0.6) is 0 Å². The van der Waals surface area contributed by atoms with Crippen LogP contribution in [0.2, 0.25) is 0 Å². The van der Waals surface area contributed by atoms with Gasteiger partial charge in [0.05, 0.1) is 4.92 Å². The molecule has 0 atom stereocenters. The Morgan fingerprint density at radius 1 is 1.47 bits per heavy atom. The van der Waals surface area contributed by atoms with Crippen LogP contribution in [-0.4, -0.2) is 10.1 Å². The smallest absolute Gasteiger partial charge is 0.338 e. The minimum Gasteiger partial charge on any atom is -0.349 e. The Kier molecular flexibility index (Phi) is 3.06. The van der Waals surface area contributed by atoms with Gasteiger partial charge in [0.1, 0.15) is 0 Å². The van der Waals surface area contributed by atoms with E-state index in [9.17, 15) is 10.1 Å². The molecule has 2 heterocycles. The van der Waals surface area contributed by atoms with Crippen LogP contribution in [0.1, 0.15) is 21.9 Å². The Hall–Kier alpha value is -1.95. The van der Waals surface area contributed by atoms with Crippen LogP contribution in [0.25, 0.3) is 12.2 Å². The summed E-state index contributed by atoms with van der Waals surface area (Å²) in [7, 11) is 0. The average molecular weight is 250 g/mol. The van der Waals surface area contributed by atoms with Gasteiger partial charge in [0.15, 0.2) is 5.69 Å². The molecule has 0 radical (unpaired) electrons. The Morgan fingerprint density at radius 3 is 2.82 bits per heavy atom. The molecule has 0 aliphatic rings. The van der Waals surface area contributed by atoms with Gasteiger partial charge < -0.3 is 4.52 Å². The van der Waals surface area contributed by atoms with Crippen molar-refractivity contribution < 1.29 is 9.45 Å². The standard InChI is InChI=1S/C11H10N2O3S/c1-7-5-6-17-10(7)4-3-9-11(13(14)15)8(2)12-16-9/h3-6H,1-2H3/b4-3+. The van der Waals surface area contributed by atoms with E-state index in [1.165, 1.54) is 0 Å². The van der Waals surface area contributed by atoms with Crippen molar-refractivity contribution in [3.05, 3.63) is 43.5 Å². The zero-order valence-electron chi connectivity index (χ0n) is 9.34. The molecule has 0 amide bonds. The fourth-order valence-corrected chi connectivity index (χ4v) is 2.24. The Bertz CT molecular complexity index is 583. The maximum Gasteiger partial charge on any atom is 0.338 e. The predicted molar refractivity (Wildman–Crippen MR) is 65.9 cm³/mol. The van der Waals surface area contributed by atoms with Gasteiger partial charge >= 0.3 is 5.69 Å². The van der Waals surface area contributed by atoms with Gasteiger partial charge in [-0.15, -0.1) is 11.3 Å². The third-order valence-electron chi connectivity index (χ3n) is 2.33. The maximum absolute atomic E-state index is 10.8. The third-order valence-corrected chi connectivity index (χ3v) is 3.31. The van der Waals surface area contributed by atoms with E-state index in [1.54, 1.807) is 30.4 Å². The van der Waals surface area contributed by atoms with Crippen molar-refractivity contribution in [3.8, 4) is 0 Å². The van der Waals surface area contributed by atoms with Crippen molar-refractivity contribution in [3.63, 3.8) is 0 Å². The van der Waals surface area contributed by atoms with Crippen LogP contribution < -0.4 is 0 Å². The van der Waals surface area contributed by atoms with E-state index in [4.69, 9.17) is 4.52 Å². The number of hydrogen-bond acceptors (Lipinski definition) is 5. The number of aromatic nitrogens is 1. The molecule has 0 spiro atoms. The number of nitrogens with zero attached hydrogens (tertiary/aromatic N) is 2. The zero-order valence-corrected chi connectivity index (χ0v) is 10.2. The monoisotopic (exact) mass is 250 g/mol. The Labute approximate surface area is 102 Å². The molecule has 0 unspecified atom stereocenters. The summed E-state index contributed by atoms with van der Waals surface area (Å²) in [5, 5.41) is 16.4. The first-order valence-electron chi connectivity index (χ1n) is 4.92. The van der Waals surface area contributed by atoms with Gasteiger partial charge in [0.25, 0.3) is 0 Å². The number of nitro groups is 1. The van der Waals surface area contributed by atoms with Crippen LogP contribution in [0.15, 0.2) is 16.0 Å². The highest BCUT2D eigenvalue weighted by molar-refractivity contribution is 7.11. The minimum absolute atomic E-state index is 0.0736. The number of hydrogen-bond donors (Lipinski definition) is 0. The third kappa shape index (κ3) is 2.26. The van der Waals surface area contributed by atoms with Crippen molar-refractivity contribution in [1.29, 1.82) is 0 Å². The first-order valence-corrected chi connectivity index (χ1v) is 5.80. The summed E-state index contributed by atoms with van der Waals surface area (Å²) in [5.41, 5.74) is 1.35. The molecule has 0 N–H and O–H groups in total. The zero-order chi connectivity index (χ0) is 12.4. The molecule has 0 bridgehead atoms. The Balaban J connectivity index is 2.34. The topological polar surface area (TPSA) is 69.2 Å². The molecule has 2 aromatic rings. The highest BCUT2D eigenvalue weighted by Gasteiger charge is 2.21. The van der Waals surface area contributed by atoms with Gasteiger partial charge in [-0.1, -0.05) is 5.16 Å². The second-order valence-electron chi connectivity index (χ2n) is 3.54. The van der Waals surface area contributed by atoms with Crippen LogP contribution in [0.3, 0.4) is 0 Å². The fourth-order valence-electron chi connectivity index (χ4n) is 1.42. The molecule has 2 aromatic heterocycles. The largest absolute Gasteiger partial charge is 0.349 e. The van der Waals surface area contributed by atoms with Crippen LogP contribution in [-0.2, 0) is 0 Å². The van der Waals surface area contributed by atoms with E-state index < -0.39 is 4.92 Å². The minimum atomic E-state index is -0.479. The highest BCUT2D eigenvalue weighted by atomic mass is 32.1. The second-order valence-corrected chi connectivity index (χ2v) is 4.49. The molecule has 0 fully saturated rings. The number of aryl methyl sites for hydroxylation is 2. The van der Waals surface area contributed by atoms with Crippen molar-refractivity contribution in [2.75, 3.05) is 0 Å². The summed E-state index contributed by atoms with van der Waals surface area (Å²) >= 11 is 1.57. The van der Waals surface area contributed by atoms with E-state index in [1.807, 2.05) is 18.4 Å². The summed E-state index contributed by atoms with van der Waals surface area (Å²) in [5.74, 6) is 0.181. The molecule has 5 nitrogen and oxygen atoms in total. The molecule has 0 saturated carbocycles. The van der Waals surface area contributed by atoms with Crippen LogP contribution in [0, 0.1) is 24.0 Å². The quantitative estimate of drug-likeness (QED) is 0.618. The van der Waals surface area contributed by atoms with Crippen molar-refractivity contribution >= 4 is 29.2 Å². The first-order chi connectivity index (χ1) is 8.09. The predicted octanol–water partition coefficient (Wildman–Crippen LogP) is 3.43. The lowest BCUT2D eigenvalue weighted by atomic mass is 10.2. The van der Waals surface area contributed by atoms with Crippen molar-refractivity contribution in [2.45, 2.75) is 13.8 Å². The van der Waals surface area contributed by atoms with E-state index in [-0.39, 0.29) is 17.1 Å². The molecule has 0 aromatic carbocycles. The summed E-state index contributed by atoms with van der Waals surface area (Å²) in [6.07, 6.45) is 3.38. The summed E-state index contributed by atoms with van der Waals surface area (Å²) in [6, 6.07) is 1.99. The first kappa shape index (κ1) is 11.5. The van der Waals surface area contributed by atoms with Crippen molar-refractivity contribution in [2.24, 2.45) is 0 Å². The fraction of sp³-hybridized carbons (Fsp3) is 0.182. The maximum atomic E-state index is 10.8. The molecule has 6 heteroatoms. The molecule has 0 saturated heterocycles. The van der Waals surface area contributed by atoms with Crippen molar-refractivity contribution in [1.82, 2.24) is 5.16 Å². The normalized spacial score (nSPS) is 11.2. The molecule has 2 rings (SSSR count). The van der Waals surface area contributed by atoms with E-state index in [2.05, 4.69) is 5.16 Å². The van der Waals surface area contributed by atoms with E-state index in [0.717, 1.165) is 10.4 Å². The van der Waals surface area contributed by atoms with Gasteiger partial charge in [0, 0.05) is 4.88 Å². The average Bonchev–Trinajstić information content (AvgIpc) is 2.82. The van der Waals surface area contributed by atoms with Gasteiger partial charge in [-0.3, -0.25) is 10.1 Å². The molecular formula is C11H10N2O3S. The molecule has 88 valence electrons. The van der Waals surface area contributed by atoms with Gasteiger partial charge in [0.2, 0.25) is 5.76 Å². The van der Waals surface area contributed by atoms with Crippen LogP contribution in [0.4, 0.5) is 5.69 Å². The molecule has 0 aliphatic carbocycles. The van der Waals surface area contributed by atoms with Gasteiger partial charge in [-0.25, -0.2) is 0 Å². The lowest BCUT2D eigenvalue weighted by Crippen LogP contribution is -1.90. The highest BCUT2D eigenvalue weighted by Crippen LogP contribution is 2.26. The summed E-state index contributed by atoms with van der Waals surface area (Å²) < 4.78 is 4.92. The molecule has 17 heavy (non-hydrogen) atoms. The van der Waals surface area contributed by atoms with Gasteiger partial charge in [-0.2, -0.15) is 0 Å².